The third-order valence-electron chi connectivity index (χ3n) is 4.87. The second-order valence-electron chi connectivity index (χ2n) is 9.14. The summed E-state index contributed by atoms with van der Waals surface area (Å²) in [5.74, 6) is 0.965. The Bertz CT molecular complexity index is 442. The van der Waals surface area contributed by atoms with Gasteiger partial charge in [-0.1, -0.05) is 41.5 Å². The highest BCUT2D eigenvalue weighted by Crippen LogP contribution is 2.27. The van der Waals surface area contributed by atoms with Crippen molar-refractivity contribution in [3.05, 3.63) is 0 Å². The molecule has 3 atom stereocenters. The SMILES string of the molecule is CC(C)[C@@H]([NH3+])C(=O)N1CCN(C(=O)C[C@H](C)CC(C)(C)C)[C@H](C)C1. The van der Waals surface area contributed by atoms with Crippen LogP contribution in [0.25, 0.3) is 0 Å². The summed E-state index contributed by atoms with van der Waals surface area (Å²) in [6.45, 7) is 16.8. The summed E-state index contributed by atoms with van der Waals surface area (Å²) in [5.41, 5.74) is 4.24. The van der Waals surface area contributed by atoms with Gasteiger partial charge in [-0.3, -0.25) is 9.59 Å². The maximum atomic E-state index is 12.6. The number of piperazine rings is 1. The van der Waals surface area contributed by atoms with Gasteiger partial charge in [-0.15, -0.1) is 0 Å². The van der Waals surface area contributed by atoms with Crippen molar-refractivity contribution in [1.29, 1.82) is 0 Å². The first kappa shape index (κ1) is 20.9. The molecule has 1 aliphatic rings. The average molecular weight is 341 g/mol. The Kier molecular flexibility index (Phi) is 7.26. The Morgan fingerprint density at radius 1 is 1.17 bits per heavy atom. The van der Waals surface area contributed by atoms with E-state index in [4.69, 9.17) is 0 Å². The molecule has 140 valence electrons. The lowest BCUT2D eigenvalue weighted by molar-refractivity contribution is -0.416. The van der Waals surface area contributed by atoms with E-state index in [9.17, 15) is 9.59 Å². The third kappa shape index (κ3) is 6.08. The largest absolute Gasteiger partial charge is 0.347 e. The highest BCUT2D eigenvalue weighted by atomic mass is 16.2. The van der Waals surface area contributed by atoms with E-state index in [0.717, 1.165) is 6.42 Å². The molecule has 0 aromatic carbocycles. The van der Waals surface area contributed by atoms with Gasteiger partial charge in [0.1, 0.15) is 0 Å². The molecular formula is C19H38N3O2+. The summed E-state index contributed by atoms with van der Waals surface area (Å²) in [7, 11) is 0. The van der Waals surface area contributed by atoms with Crippen LogP contribution in [0.4, 0.5) is 0 Å². The van der Waals surface area contributed by atoms with Crippen molar-refractivity contribution in [2.45, 2.75) is 73.4 Å². The van der Waals surface area contributed by atoms with Crippen molar-refractivity contribution in [1.82, 2.24) is 9.80 Å². The van der Waals surface area contributed by atoms with Crippen LogP contribution in [0.5, 0.6) is 0 Å². The molecule has 1 rings (SSSR count). The standard InChI is InChI=1S/C19H37N3O2/c1-13(2)17(20)18(24)21-8-9-22(15(4)12-21)16(23)10-14(3)11-19(5,6)7/h13-15,17H,8-12,20H2,1-7H3/p+1/t14-,15+,17+/m0/s1. The molecule has 0 aromatic rings. The van der Waals surface area contributed by atoms with Crippen LogP contribution in [0.15, 0.2) is 0 Å². The molecule has 24 heavy (non-hydrogen) atoms. The van der Waals surface area contributed by atoms with Crippen LogP contribution in [-0.4, -0.2) is 53.3 Å². The molecule has 5 nitrogen and oxygen atoms in total. The van der Waals surface area contributed by atoms with Crippen LogP contribution in [0.3, 0.4) is 0 Å². The third-order valence-corrected chi connectivity index (χ3v) is 4.87. The highest BCUT2D eigenvalue weighted by Gasteiger charge is 2.34. The number of quaternary nitrogens is 1. The first-order chi connectivity index (χ1) is 10.9. The van der Waals surface area contributed by atoms with Gasteiger partial charge in [0.25, 0.3) is 5.91 Å². The summed E-state index contributed by atoms with van der Waals surface area (Å²) in [6, 6.07) is -0.123. The van der Waals surface area contributed by atoms with E-state index in [0.29, 0.717) is 32.0 Å². The van der Waals surface area contributed by atoms with Gasteiger partial charge in [0.05, 0.1) is 0 Å². The van der Waals surface area contributed by atoms with Crippen LogP contribution in [-0.2, 0) is 9.59 Å². The summed E-state index contributed by atoms with van der Waals surface area (Å²) in [6.07, 6.45) is 1.64. The topological polar surface area (TPSA) is 68.3 Å². The fourth-order valence-corrected chi connectivity index (χ4v) is 3.58. The smallest absolute Gasteiger partial charge is 0.281 e. The normalized spacial score (nSPS) is 21.8. The van der Waals surface area contributed by atoms with E-state index in [1.165, 1.54) is 0 Å². The summed E-state index contributed by atoms with van der Waals surface area (Å²) in [4.78, 5) is 28.9. The van der Waals surface area contributed by atoms with Gasteiger partial charge in [-0.25, -0.2) is 0 Å². The molecule has 0 aromatic heterocycles. The van der Waals surface area contributed by atoms with E-state index in [1.54, 1.807) is 0 Å². The zero-order valence-electron chi connectivity index (χ0n) is 16.8. The number of hydrogen-bond donors (Lipinski definition) is 1. The maximum Gasteiger partial charge on any atom is 0.281 e. The van der Waals surface area contributed by atoms with Crippen LogP contribution in [0, 0.1) is 17.3 Å². The number of carbonyl (C=O) groups is 2. The lowest BCUT2D eigenvalue weighted by Crippen LogP contribution is -2.71. The minimum Gasteiger partial charge on any atom is -0.347 e. The molecule has 1 saturated heterocycles. The van der Waals surface area contributed by atoms with E-state index in [-0.39, 0.29) is 35.2 Å². The predicted molar refractivity (Wildman–Crippen MR) is 97.1 cm³/mol. The Labute approximate surface area is 147 Å². The van der Waals surface area contributed by atoms with E-state index in [1.807, 2.05) is 30.6 Å². The second-order valence-corrected chi connectivity index (χ2v) is 9.14. The molecule has 1 fully saturated rings. The van der Waals surface area contributed by atoms with E-state index >= 15 is 0 Å². The van der Waals surface area contributed by atoms with Crippen molar-refractivity contribution >= 4 is 11.8 Å². The maximum absolute atomic E-state index is 12.6. The molecule has 0 aliphatic carbocycles. The van der Waals surface area contributed by atoms with Gasteiger partial charge < -0.3 is 15.5 Å². The molecule has 0 bridgehead atoms. The van der Waals surface area contributed by atoms with Gasteiger partial charge in [-0.2, -0.15) is 0 Å². The zero-order chi connectivity index (χ0) is 18.7. The van der Waals surface area contributed by atoms with Gasteiger partial charge in [-0.05, 0) is 24.7 Å². The minimum atomic E-state index is -0.203. The van der Waals surface area contributed by atoms with E-state index in [2.05, 4.69) is 33.4 Å². The molecule has 1 heterocycles. The van der Waals surface area contributed by atoms with Gasteiger partial charge >= 0.3 is 0 Å². The Morgan fingerprint density at radius 3 is 2.21 bits per heavy atom. The van der Waals surface area contributed by atoms with Crippen molar-refractivity contribution in [3.63, 3.8) is 0 Å². The first-order valence-corrected chi connectivity index (χ1v) is 9.33. The first-order valence-electron chi connectivity index (χ1n) is 9.33. The quantitative estimate of drug-likeness (QED) is 0.829. The second kappa shape index (κ2) is 8.32. The Balaban J connectivity index is 2.57. The summed E-state index contributed by atoms with van der Waals surface area (Å²) < 4.78 is 0. The molecular weight excluding hydrogens is 302 g/mol. The number of carbonyl (C=O) groups excluding carboxylic acids is 2. The lowest BCUT2D eigenvalue weighted by Gasteiger charge is -2.41. The Hall–Kier alpha value is -1.10. The summed E-state index contributed by atoms with van der Waals surface area (Å²) >= 11 is 0. The van der Waals surface area contributed by atoms with Crippen molar-refractivity contribution in [2.75, 3.05) is 19.6 Å². The van der Waals surface area contributed by atoms with Crippen molar-refractivity contribution in [2.24, 2.45) is 17.3 Å². The molecule has 0 spiro atoms. The molecule has 0 saturated carbocycles. The van der Waals surface area contributed by atoms with Crippen LogP contribution in [0.1, 0.15) is 61.3 Å². The van der Waals surface area contributed by atoms with Crippen LogP contribution >= 0.6 is 0 Å². The lowest BCUT2D eigenvalue weighted by atomic mass is 9.84. The summed E-state index contributed by atoms with van der Waals surface area (Å²) in [5, 5.41) is 0. The molecule has 5 heteroatoms. The Morgan fingerprint density at radius 2 is 1.75 bits per heavy atom. The monoisotopic (exact) mass is 340 g/mol. The van der Waals surface area contributed by atoms with Gasteiger partial charge in [0.15, 0.2) is 6.04 Å². The fourth-order valence-electron chi connectivity index (χ4n) is 3.58. The van der Waals surface area contributed by atoms with E-state index < -0.39 is 0 Å². The molecule has 1 aliphatic heterocycles. The molecule has 3 N–H and O–H groups in total. The fraction of sp³-hybridized carbons (Fsp3) is 0.895. The zero-order valence-corrected chi connectivity index (χ0v) is 16.8. The molecule has 2 amide bonds. The van der Waals surface area contributed by atoms with Crippen LogP contribution < -0.4 is 5.73 Å². The van der Waals surface area contributed by atoms with Crippen LogP contribution in [0.2, 0.25) is 0 Å². The number of nitrogens with zero attached hydrogens (tertiary/aromatic N) is 2. The number of amides is 2. The minimum absolute atomic E-state index is 0.0800. The molecule has 0 unspecified atom stereocenters. The number of rotatable bonds is 5. The number of hydrogen-bond acceptors (Lipinski definition) is 2. The predicted octanol–water partition coefficient (Wildman–Crippen LogP) is 1.77. The van der Waals surface area contributed by atoms with Crippen molar-refractivity contribution in [3.8, 4) is 0 Å². The van der Waals surface area contributed by atoms with Gasteiger partial charge in [0.2, 0.25) is 5.91 Å². The average Bonchev–Trinajstić information content (AvgIpc) is 2.42. The van der Waals surface area contributed by atoms with Gasteiger partial charge in [0, 0.05) is 38.0 Å². The van der Waals surface area contributed by atoms with Crippen molar-refractivity contribution < 1.29 is 15.3 Å². The molecule has 0 radical (unpaired) electrons. The highest BCUT2D eigenvalue weighted by molar-refractivity contribution is 5.81.